The molecular formula is C7H8N8S. The van der Waals surface area contributed by atoms with Crippen LogP contribution in [0.1, 0.15) is 5.56 Å². The molecule has 0 bridgehead atoms. The van der Waals surface area contributed by atoms with E-state index in [1.54, 1.807) is 6.26 Å². The van der Waals surface area contributed by atoms with Crippen LogP contribution in [-0.2, 0) is 0 Å². The smallest absolute Gasteiger partial charge is 0.272 e. The molecule has 0 saturated carbocycles. The van der Waals surface area contributed by atoms with Crippen molar-refractivity contribution in [3.8, 4) is 12.0 Å². The molecule has 2 rings (SSSR count). The van der Waals surface area contributed by atoms with E-state index in [-0.39, 0.29) is 11.8 Å². The van der Waals surface area contributed by atoms with Gasteiger partial charge in [-0.1, -0.05) is 0 Å². The predicted octanol–water partition coefficient (Wildman–Crippen LogP) is -0.647. The van der Waals surface area contributed by atoms with Gasteiger partial charge >= 0.3 is 0 Å². The van der Waals surface area contributed by atoms with Gasteiger partial charge in [-0.15, -0.1) is 22.0 Å². The van der Waals surface area contributed by atoms with Crippen molar-refractivity contribution in [3.05, 3.63) is 11.9 Å². The largest absolute Gasteiger partial charge is 0.382 e. The lowest BCUT2D eigenvalue weighted by atomic mass is 10.4. The molecular weight excluding hydrogens is 228 g/mol. The van der Waals surface area contributed by atoms with Crippen molar-refractivity contribution in [1.29, 1.82) is 5.26 Å². The van der Waals surface area contributed by atoms with Gasteiger partial charge in [-0.05, 0) is 6.26 Å². The van der Waals surface area contributed by atoms with Gasteiger partial charge in [0, 0.05) is 0 Å². The van der Waals surface area contributed by atoms with E-state index in [9.17, 15) is 0 Å². The summed E-state index contributed by atoms with van der Waals surface area (Å²) < 4.78 is 2.46. The van der Waals surface area contributed by atoms with Gasteiger partial charge in [-0.3, -0.25) is 0 Å². The van der Waals surface area contributed by atoms with Crippen LogP contribution in [0.5, 0.6) is 0 Å². The SMILES string of the molecule is CSc1nn(-c2nncn2N)c(N)c1C#N. The molecule has 0 unspecified atom stereocenters. The van der Waals surface area contributed by atoms with Crippen molar-refractivity contribution in [2.24, 2.45) is 0 Å². The summed E-state index contributed by atoms with van der Waals surface area (Å²) >= 11 is 1.33. The maximum atomic E-state index is 8.94. The highest BCUT2D eigenvalue weighted by Crippen LogP contribution is 2.25. The Morgan fingerprint density at radius 2 is 2.31 bits per heavy atom. The number of hydrogen-bond donors (Lipinski definition) is 2. The maximum Gasteiger partial charge on any atom is 0.272 e. The van der Waals surface area contributed by atoms with E-state index < -0.39 is 0 Å². The zero-order valence-electron chi connectivity index (χ0n) is 8.32. The first-order valence-corrected chi connectivity index (χ1v) is 5.39. The first-order valence-electron chi connectivity index (χ1n) is 4.17. The van der Waals surface area contributed by atoms with Crippen LogP contribution in [0.25, 0.3) is 5.95 Å². The van der Waals surface area contributed by atoms with Crippen LogP contribution in [0, 0.1) is 11.3 Å². The molecule has 0 fully saturated rings. The molecule has 82 valence electrons. The summed E-state index contributed by atoms with van der Waals surface area (Å²) in [4.78, 5) is 0. The van der Waals surface area contributed by atoms with Gasteiger partial charge < -0.3 is 11.6 Å². The summed E-state index contributed by atoms with van der Waals surface area (Å²) in [5, 5.41) is 21.0. The molecule has 2 heterocycles. The molecule has 8 nitrogen and oxygen atoms in total. The molecule has 0 aliphatic rings. The molecule has 0 aliphatic heterocycles. The molecule has 0 aliphatic carbocycles. The first kappa shape index (κ1) is 10.3. The Kier molecular flexibility index (Phi) is 2.41. The van der Waals surface area contributed by atoms with E-state index in [0.717, 1.165) is 0 Å². The van der Waals surface area contributed by atoms with Crippen LogP contribution in [0.4, 0.5) is 5.82 Å². The lowest BCUT2D eigenvalue weighted by molar-refractivity contribution is 0.756. The average molecular weight is 236 g/mol. The van der Waals surface area contributed by atoms with E-state index in [4.69, 9.17) is 16.8 Å². The van der Waals surface area contributed by atoms with Gasteiger partial charge in [0.15, 0.2) is 0 Å². The van der Waals surface area contributed by atoms with E-state index >= 15 is 0 Å². The molecule has 0 spiro atoms. The third-order valence-corrected chi connectivity index (χ3v) is 2.61. The van der Waals surface area contributed by atoms with Crippen LogP contribution >= 0.6 is 11.8 Å². The van der Waals surface area contributed by atoms with E-state index in [1.807, 2.05) is 6.07 Å². The number of nitrogen functional groups attached to an aromatic ring is 2. The Balaban J connectivity index is 2.64. The van der Waals surface area contributed by atoms with Crippen LogP contribution in [0.15, 0.2) is 11.4 Å². The predicted molar refractivity (Wildman–Crippen MR) is 58.2 cm³/mol. The third-order valence-electron chi connectivity index (χ3n) is 1.94. The Morgan fingerprint density at radius 1 is 1.56 bits per heavy atom. The lowest BCUT2D eigenvalue weighted by Crippen LogP contribution is -2.15. The molecule has 16 heavy (non-hydrogen) atoms. The molecule has 2 aromatic rings. The second-order valence-electron chi connectivity index (χ2n) is 2.83. The third kappa shape index (κ3) is 1.36. The fourth-order valence-corrected chi connectivity index (χ4v) is 1.72. The Bertz CT molecular complexity index is 561. The highest BCUT2D eigenvalue weighted by Gasteiger charge is 2.18. The summed E-state index contributed by atoms with van der Waals surface area (Å²) in [6.45, 7) is 0. The number of nitrogens with zero attached hydrogens (tertiary/aromatic N) is 6. The number of aromatic nitrogens is 5. The topological polar surface area (TPSA) is 124 Å². The summed E-state index contributed by atoms with van der Waals surface area (Å²) in [7, 11) is 0. The van der Waals surface area contributed by atoms with Gasteiger partial charge in [-0.25, -0.2) is 4.68 Å². The van der Waals surface area contributed by atoms with Crippen molar-refractivity contribution in [1.82, 2.24) is 24.7 Å². The highest BCUT2D eigenvalue weighted by atomic mass is 32.2. The second-order valence-corrected chi connectivity index (χ2v) is 3.63. The minimum absolute atomic E-state index is 0.201. The minimum atomic E-state index is 0.201. The van der Waals surface area contributed by atoms with Gasteiger partial charge in [-0.2, -0.15) is 15.0 Å². The second kappa shape index (κ2) is 3.74. The first-order chi connectivity index (χ1) is 7.69. The van der Waals surface area contributed by atoms with Crippen molar-refractivity contribution in [2.45, 2.75) is 5.03 Å². The number of thioether (sulfide) groups is 1. The highest BCUT2D eigenvalue weighted by molar-refractivity contribution is 7.98. The Labute approximate surface area is 94.8 Å². The van der Waals surface area contributed by atoms with Crippen LogP contribution < -0.4 is 11.6 Å². The summed E-state index contributed by atoms with van der Waals surface area (Å²) in [5.74, 6) is 6.03. The van der Waals surface area contributed by atoms with E-state index in [2.05, 4.69) is 15.3 Å². The van der Waals surface area contributed by atoms with Gasteiger partial charge in [0.1, 0.15) is 28.8 Å². The lowest BCUT2D eigenvalue weighted by Gasteiger charge is -2.00. The summed E-state index contributed by atoms with van der Waals surface area (Å²) in [6, 6.07) is 1.99. The minimum Gasteiger partial charge on any atom is -0.382 e. The van der Waals surface area contributed by atoms with Crippen molar-refractivity contribution in [2.75, 3.05) is 17.8 Å². The normalized spacial score (nSPS) is 10.2. The van der Waals surface area contributed by atoms with Crippen LogP contribution in [0.3, 0.4) is 0 Å². The quantitative estimate of drug-likeness (QED) is 0.524. The Hall–Kier alpha value is -2.21. The zero-order chi connectivity index (χ0) is 11.7. The molecule has 0 atom stereocenters. The van der Waals surface area contributed by atoms with E-state index in [0.29, 0.717) is 10.6 Å². The molecule has 9 heteroatoms. The molecule has 0 aromatic carbocycles. The van der Waals surface area contributed by atoms with Crippen molar-refractivity contribution >= 4 is 17.6 Å². The molecule has 0 radical (unpaired) electrons. The monoisotopic (exact) mass is 236 g/mol. The van der Waals surface area contributed by atoms with E-state index in [1.165, 1.54) is 27.4 Å². The maximum absolute atomic E-state index is 8.94. The number of hydrogen-bond acceptors (Lipinski definition) is 7. The molecule has 0 amide bonds. The molecule has 0 saturated heterocycles. The number of nitrogens with two attached hydrogens (primary N) is 2. The average Bonchev–Trinajstić information content (AvgIpc) is 2.82. The van der Waals surface area contributed by atoms with Gasteiger partial charge in [0.05, 0.1) is 0 Å². The zero-order valence-corrected chi connectivity index (χ0v) is 9.14. The van der Waals surface area contributed by atoms with Crippen LogP contribution in [0.2, 0.25) is 0 Å². The number of anilines is 1. The van der Waals surface area contributed by atoms with Crippen LogP contribution in [-0.4, -0.2) is 30.9 Å². The number of nitriles is 1. The number of rotatable bonds is 2. The molecule has 4 N–H and O–H groups in total. The van der Waals surface area contributed by atoms with Crippen molar-refractivity contribution < 1.29 is 0 Å². The molecule has 2 aromatic heterocycles. The Morgan fingerprint density at radius 3 is 2.75 bits per heavy atom. The fourth-order valence-electron chi connectivity index (χ4n) is 1.20. The summed E-state index contributed by atoms with van der Waals surface area (Å²) in [5.41, 5.74) is 6.09. The van der Waals surface area contributed by atoms with Crippen molar-refractivity contribution in [3.63, 3.8) is 0 Å². The standard InChI is InChI=1S/C7H8N8S/c1-16-6-4(2-8)5(9)15(13-6)7-12-11-3-14(7)10/h3H,9-10H2,1H3. The van der Waals surface area contributed by atoms with Gasteiger partial charge in [0.2, 0.25) is 0 Å². The van der Waals surface area contributed by atoms with Gasteiger partial charge in [0.25, 0.3) is 5.95 Å². The summed E-state index contributed by atoms with van der Waals surface area (Å²) in [6.07, 6.45) is 3.13. The fraction of sp³-hybridized carbons (Fsp3) is 0.143.